The van der Waals surface area contributed by atoms with Gasteiger partial charge >= 0.3 is 0 Å². The maximum Gasteiger partial charge on any atom is 0.235 e. The van der Waals surface area contributed by atoms with E-state index < -0.39 is 0 Å². The molecule has 1 N–H and O–H groups in total. The van der Waals surface area contributed by atoms with Gasteiger partial charge in [0.05, 0.1) is 20.8 Å². The minimum Gasteiger partial charge on any atom is -0.493 e. The monoisotopic (exact) mass is 452 g/mol. The molecular weight excluding hydrogens is 420 g/mol. The molecule has 0 spiro atoms. The van der Waals surface area contributed by atoms with Crippen molar-refractivity contribution in [2.24, 2.45) is 4.99 Å². The first-order valence-electron chi connectivity index (χ1n) is 11.5. The van der Waals surface area contributed by atoms with Crippen molar-refractivity contribution < 1.29 is 14.3 Å². The van der Waals surface area contributed by atoms with Crippen LogP contribution in [0, 0.1) is 0 Å². The molecule has 9 nitrogen and oxygen atoms in total. The summed E-state index contributed by atoms with van der Waals surface area (Å²) < 4.78 is 11.4. The predicted octanol–water partition coefficient (Wildman–Crippen LogP) is 1.77. The molecule has 0 bridgehead atoms. The van der Waals surface area contributed by atoms with E-state index in [1.165, 1.54) is 18.9 Å². The molecule has 1 fully saturated rings. The summed E-state index contributed by atoms with van der Waals surface area (Å²) in [7, 11) is 5.43. The average molecular weight is 453 g/mol. The van der Waals surface area contributed by atoms with Gasteiger partial charge in [-0.15, -0.1) is 0 Å². The molecule has 1 aromatic carbocycles. The van der Waals surface area contributed by atoms with E-state index in [1.807, 2.05) is 17.1 Å². The molecule has 9 heteroatoms. The number of hydrogen-bond donors (Lipinski definition) is 1. The zero-order valence-electron chi connectivity index (χ0n) is 19.7. The van der Waals surface area contributed by atoms with Gasteiger partial charge < -0.3 is 19.3 Å². The molecule has 33 heavy (non-hydrogen) atoms. The number of nitrogens with zero attached hydrogens (tertiary/aromatic N) is 5. The van der Waals surface area contributed by atoms with Crippen LogP contribution in [0.15, 0.2) is 41.1 Å². The lowest BCUT2D eigenvalue weighted by molar-refractivity contribution is -0.119. The first-order valence-corrected chi connectivity index (χ1v) is 11.5. The summed E-state index contributed by atoms with van der Waals surface area (Å²) in [5.74, 6) is 1.96. The SMILES string of the molecule is COc1ccc2c(c1OC)N(NC(C)=O)C(N1C=C(C3CCCN3C)C=CC1)N1CCN=C21. The Bertz CT molecular complexity index is 1040. The Morgan fingerprint density at radius 1 is 1.21 bits per heavy atom. The number of carbonyl (C=O) groups excluding carboxylic acids is 1. The normalized spacial score (nSPS) is 24.3. The van der Waals surface area contributed by atoms with Crippen LogP contribution in [0.3, 0.4) is 0 Å². The third kappa shape index (κ3) is 3.60. The van der Waals surface area contributed by atoms with E-state index in [1.54, 1.807) is 14.2 Å². The Kier molecular flexibility index (Phi) is 5.65. The third-order valence-electron chi connectivity index (χ3n) is 6.81. The first kappa shape index (κ1) is 21.6. The van der Waals surface area contributed by atoms with Crippen LogP contribution in [0.25, 0.3) is 0 Å². The van der Waals surface area contributed by atoms with E-state index in [0.29, 0.717) is 24.1 Å². The number of fused-ring (bicyclic) bond motifs is 3. The van der Waals surface area contributed by atoms with Gasteiger partial charge in [0.1, 0.15) is 11.5 Å². The van der Waals surface area contributed by atoms with Crippen molar-refractivity contribution in [2.45, 2.75) is 32.1 Å². The Hall–Kier alpha value is -3.20. The van der Waals surface area contributed by atoms with Crippen molar-refractivity contribution in [3.63, 3.8) is 0 Å². The number of amides is 1. The highest BCUT2D eigenvalue weighted by Crippen LogP contribution is 2.45. The molecule has 0 radical (unpaired) electrons. The van der Waals surface area contributed by atoms with Gasteiger partial charge in [0.25, 0.3) is 0 Å². The molecule has 0 aromatic heterocycles. The van der Waals surface area contributed by atoms with Crippen LogP contribution in [-0.2, 0) is 4.79 Å². The molecule has 2 atom stereocenters. The summed E-state index contributed by atoms with van der Waals surface area (Å²) in [4.78, 5) is 24.2. The number of likely N-dealkylation sites (tertiary alicyclic amines) is 1. The van der Waals surface area contributed by atoms with E-state index in [-0.39, 0.29) is 12.2 Å². The van der Waals surface area contributed by atoms with Gasteiger partial charge in [-0.1, -0.05) is 12.2 Å². The number of aliphatic imine (C=N–C) groups is 1. The Morgan fingerprint density at radius 3 is 2.76 bits per heavy atom. The highest BCUT2D eigenvalue weighted by atomic mass is 16.5. The first-order chi connectivity index (χ1) is 16.0. The fraction of sp³-hybridized carbons (Fsp3) is 0.500. The minimum atomic E-state index is -0.282. The number of amidine groups is 1. The lowest BCUT2D eigenvalue weighted by atomic mass is 10.0. The molecule has 176 valence electrons. The second kappa shape index (κ2) is 8.62. The summed E-state index contributed by atoms with van der Waals surface area (Å²) >= 11 is 0. The van der Waals surface area contributed by atoms with Gasteiger partial charge in [-0.2, -0.15) is 0 Å². The average Bonchev–Trinajstić information content (AvgIpc) is 3.47. The summed E-state index contributed by atoms with van der Waals surface area (Å²) in [5.41, 5.74) is 6.05. The van der Waals surface area contributed by atoms with Gasteiger partial charge in [-0.05, 0) is 44.1 Å². The van der Waals surface area contributed by atoms with Crippen LogP contribution < -0.4 is 19.9 Å². The van der Waals surface area contributed by atoms with Crippen LogP contribution in [0.5, 0.6) is 11.5 Å². The number of rotatable bonds is 5. The second-order valence-corrected chi connectivity index (χ2v) is 8.85. The standard InChI is InChI=1S/C24H32N6O3/c1-16(31)26-30-21-18(9-10-20(32-3)22(21)33-4)23-25-11-14-29(23)24(30)28-13-5-7-17(15-28)19-8-6-12-27(19)2/h5,7,9-10,15,19,24H,6,8,11-14H2,1-4H3,(H,26,31). The number of ether oxygens (including phenoxy) is 2. The molecule has 1 aromatic rings. The fourth-order valence-electron chi connectivity index (χ4n) is 5.41. The molecule has 0 saturated carbocycles. The van der Waals surface area contributed by atoms with Crippen molar-refractivity contribution >= 4 is 17.4 Å². The molecular formula is C24H32N6O3. The lowest BCUT2D eigenvalue weighted by Gasteiger charge is -2.50. The quantitative estimate of drug-likeness (QED) is 0.730. The van der Waals surface area contributed by atoms with Crippen LogP contribution in [0.1, 0.15) is 25.3 Å². The molecule has 0 aliphatic carbocycles. The van der Waals surface area contributed by atoms with Crippen LogP contribution >= 0.6 is 0 Å². The van der Waals surface area contributed by atoms with E-state index in [4.69, 9.17) is 14.5 Å². The van der Waals surface area contributed by atoms with Crippen molar-refractivity contribution in [3.05, 3.63) is 41.6 Å². The predicted molar refractivity (Wildman–Crippen MR) is 127 cm³/mol. The molecule has 4 aliphatic rings. The minimum absolute atomic E-state index is 0.150. The summed E-state index contributed by atoms with van der Waals surface area (Å²) in [6.07, 6.45) is 8.78. The topological polar surface area (TPSA) is 72.9 Å². The maximum absolute atomic E-state index is 12.4. The number of hydrogen-bond acceptors (Lipinski definition) is 8. The zero-order valence-corrected chi connectivity index (χ0v) is 19.7. The van der Waals surface area contributed by atoms with E-state index in [9.17, 15) is 4.79 Å². The van der Waals surface area contributed by atoms with Gasteiger partial charge in [-0.3, -0.25) is 20.1 Å². The molecule has 4 aliphatic heterocycles. The highest BCUT2D eigenvalue weighted by Gasteiger charge is 2.44. The van der Waals surface area contributed by atoms with Gasteiger partial charge in [0.15, 0.2) is 11.5 Å². The molecule has 5 rings (SSSR count). The van der Waals surface area contributed by atoms with Gasteiger partial charge in [0, 0.05) is 37.8 Å². The van der Waals surface area contributed by atoms with Crippen molar-refractivity contribution in [1.82, 2.24) is 20.1 Å². The summed E-state index contributed by atoms with van der Waals surface area (Å²) in [6.45, 7) is 4.86. The smallest absolute Gasteiger partial charge is 0.235 e. The van der Waals surface area contributed by atoms with Crippen molar-refractivity contribution in [3.8, 4) is 11.5 Å². The number of carbonyl (C=O) groups is 1. The van der Waals surface area contributed by atoms with E-state index in [2.05, 4.69) is 45.5 Å². The molecule has 4 heterocycles. The van der Waals surface area contributed by atoms with Crippen molar-refractivity contribution in [2.75, 3.05) is 52.5 Å². The Labute approximate surface area is 194 Å². The second-order valence-electron chi connectivity index (χ2n) is 8.85. The fourth-order valence-corrected chi connectivity index (χ4v) is 5.41. The largest absolute Gasteiger partial charge is 0.493 e. The Morgan fingerprint density at radius 2 is 2.06 bits per heavy atom. The number of hydrazine groups is 1. The summed E-state index contributed by atoms with van der Waals surface area (Å²) in [6, 6.07) is 4.29. The summed E-state index contributed by atoms with van der Waals surface area (Å²) in [5, 5.41) is 1.91. The number of benzene rings is 1. The molecule has 1 amide bonds. The highest BCUT2D eigenvalue weighted by molar-refractivity contribution is 6.08. The number of methoxy groups -OCH3 is 2. The Balaban J connectivity index is 1.63. The number of likely N-dealkylation sites (N-methyl/N-ethyl adjacent to an activating group) is 1. The third-order valence-corrected chi connectivity index (χ3v) is 6.81. The molecule has 2 unspecified atom stereocenters. The van der Waals surface area contributed by atoms with Crippen LogP contribution in [0.4, 0.5) is 5.69 Å². The lowest BCUT2D eigenvalue weighted by Crippen LogP contribution is -2.66. The van der Waals surface area contributed by atoms with Crippen LogP contribution in [-0.4, -0.2) is 86.2 Å². The van der Waals surface area contributed by atoms with Gasteiger partial charge in [0.2, 0.25) is 12.2 Å². The van der Waals surface area contributed by atoms with Gasteiger partial charge in [-0.25, -0.2) is 5.01 Å². The van der Waals surface area contributed by atoms with E-state index in [0.717, 1.165) is 43.1 Å². The van der Waals surface area contributed by atoms with Crippen LogP contribution in [0.2, 0.25) is 0 Å². The zero-order chi connectivity index (χ0) is 23.1. The van der Waals surface area contributed by atoms with Crippen molar-refractivity contribution in [1.29, 1.82) is 0 Å². The number of anilines is 1. The van der Waals surface area contributed by atoms with E-state index >= 15 is 0 Å². The molecule has 1 saturated heterocycles. The number of nitrogens with one attached hydrogen (secondary N) is 1. The maximum atomic E-state index is 12.4.